The number of nitrogens with zero attached hydrogens (tertiary/aromatic N) is 1. The Morgan fingerprint density at radius 2 is 1.76 bits per heavy atom. The number of aliphatic hydroxyl groups excluding tert-OH is 1. The lowest BCUT2D eigenvalue weighted by atomic mass is 9.90. The van der Waals surface area contributed by atoms with Crippen molar-refractivity contribution >= 4 is 35.9 Å². The van der Waals surface area contributed by atoms with Crippen LogP contribution in [0.15, 0.2) is 73.0 Å². The Hall–Kier alpha value is -3.97. The van der Waals surface area contributed by atoms with Crippen molar-refractivity contribution in [3.05, 3.63) is 89.7 Å². The number of aliphatic hydroxyl groups is 1. The number of amides is 1. The summed E-state index contributed by atoms with van der Waals surface area (Å²) >= 11 is 0. The van der Waals surface area contributed by atoms with Crippen LogP contribution in [-0.4, -0.2) is 41.7 Å². The lowest BCUT2D eigenvalue weighted by Gasteiger charge is -2.34. The molecule has 7 nitrogen and oxygen atoms in total. The molecule has 1 fully saturated rings. The number of anilines is 2. The number of allylic oxidation sites excluding steroid dienone is 3. The minimum Gasteiger partial charge on any atom is -0.513 e. The van der Waals surface area contributed by atoms with Crippen LogP contribution in [0.4, 0.5) is 11.4 Å². The largest absolute Gasteiger partial charge is 0.513 e. The average molecular weight is 672 g/mol. The Bertz CT molecular complexity index is 1350. The first-order valence-corrected chi connectivity index (χ1v) is 18.2. The number of unbranched alkanes of at least 4 members (excludes halogenated alkanes) is 3. The van der Waals surface area contributed by atoms with Crippen LogP contribution in [0.1, 0.15) is 126 Å². The topological polar surface area (TPSA) is 113 Å². The summed E-state index contributed by atoms with van der Waals surface area (Å²) in [6.45, 7) is 13.4. The quantitative estimate of drug-likeness (QED) is 0.0425. The fourth-order valence-corrected chi connectivity index (χ4v) is 6.35. The number of carbonyl (C=O) groups excluding carboxylic acids is 3. The molecule has 2 aromatic carbocycles. The number of rotatable bonds is 20. The highest BCUT2D eigenvalue weighted by atomic mass is 16.3. The Balaban J connectivity index is 0.000000374. The van der Waals surface area contributed by atoms with Gasteiger partial charge in [0.15, 0.2) is 0 Å². The molecule has 0 aliphatic heterocycles. The monoisotopic (exact) mass is 671 g/mol. The van der Waals surface area contributed by atoms with Gasteiger partial charge in [0, 0.05) is 29.5 Å². The third-order valence-electron chi connectivity index (χ3n) is 9.42. The number of hydrogen-bond acceptors (Lipinski definition) is 6. The number of aldehydes is 2. The summed E-state index contributed by atoms with van der Waals surface area (Å²) in [7, 11) is 0. The van der Waals surface area contributed by atoms with Gasteiger partial charge in [-0.05, 0) is 106 Å². The van der Waals surface area contributed by atoms with Gasteiger partial charge in [-0.25, -0.2) is 0 Å². The summed E-state index contributed by atoms with van der Waals surface area (Å²) in [6.07, 6.45) is 22.1. The van der Waals surface area contributed by atoms with E-state index in [1.165, 1.54) is 43.0 Å². The molecule has 3 rings (SSSR count). The molecule has 7 heteroatoms. The number of hydrogen-bond donors (Lipinski definition) is 3. The first-order chi connectivity index (χ1) is 23.6. The molecule has 0 saturated heterocycles. The van der Waals surface area contributed by atoms with Crippen molar-refractivity contribution in [2.45, 2.75) is 123 Å². The fraction of sp³-hybridized carbons (Fsp3) is 0.500. The van der Waals surface area contributed by atoms with Crippen molar-refractivity contribution in [3.63, 3.8) is 0 Å². The van der Waals surface area contributed by atoms with Gasteiger partial charge in [-0.15, -0.1) is 6.58 Å². The number of nitrogens with two attached hydrogens (primary N) is 1. The average Bonchev–Trinajstić information content (AvgIpc) is 3.56. The minimum absolute atomic E-state index is 0.110. The Morgan fingerprint density at radius 1 is 1.06 bits per heavy atom. The predicted octanol–water partition coefficient (Wildman–Crippen LogP) is 9.77. The Kier molecular flexibility index (Phi) is 19.0. The maximum Gasteiger partial charge on any atom is 0.244 e. The summed E-state index contributed by atoms with van der Waals surface area (Å²) in [5, 5.41) is 12.2. The van der Waals surface area contributed by atoms with Gasteiger partial charge in [-0.2, -0.15) is 0 Å². The smallest absolute Gasteiger partial charge is 0.244 e. The number of benzene rings is 2. The first-order valence-electron chi connectivity index (χ1n) is 18.2. The molecule has 2 unspecified atom stereocenters. The van der Waals surface area contributed by atoms with E-state index < -0.39 is 5.54 Å². The van der Waals surface area contributed by atoms with Crippen LogP contribution in [0.2, 0.25) is 0 Å². The van der Waals surface area contributed by atoms with Crippen LogP contribution in [0.3, 0.4) is 0 Å². The van der Waals surface area contributed by atoms with Crippen LogP contribution in [0, 0.1) is 5.92 Å². The molecule has 268 valence electrons. The number of nitrogens with one attached hydrogen (secondary N) is 1. The van der Waals surface area contributed by atoms with E-state index in [9.17, 15) is 19.5 Å². The fourth-order valence-electron chi connectivity index (χ4n) is 6.35. The van der Waals surface area contributed by atoms with E-state index in [1.807, 2.05) is 30.4 Å². The summed E-state index contributed by atoms with van der Waals surface area (Å²) in [6, 6.07) is 13.8. The van der Waals surface area contributed by atoms with Gasteiger partial charge < -0.3 is 21.1 Å². The summed E-state index contributed by atoms with van der Waals surface area (Å²) in [4.78, 5) is 36.3. The molecule has 1 aliphatic rings. The Labute approximate surface area is 295 Å². The second-order valence-corrected chi connectivity index (χ2v) is 13.5. The van der Waals surface area contributed by atoms with Gasteiger partial charge in [0.05, 0.1) is 11.3 Å². The SMILES string of the molecule is C=CCC(C)N(CCCC/C=C(\C)O)c1cc(C=O)ccc1CC(CC)CCCC.NC1(C(=O)Nc2ccc(/C=C/C=O)cc2)CCCC1. The third-order valence-corrected chi connectivity index (χ3v) is 9.42. The van der Waals surface area contributed by atoms with Gasteiger partial charge in [-0.1, -0.05) is 88.8 Å². The van der Waals surface area contributed by atoms with Crippen molar-refractivity contribution in [2.24, 2.45) is 11.7 Å². The molecule has 0 aromatic heterocycles. The molecule has 0 radical (unpaired) electrons. The van der Waals surface area contributed by atoms with E-state index in [4.69, 9.17) is 5.73 Å². The molecule has 0 spiro atoms. The van der Waals surface area contributed by atoms with Gasteiger partial charge in [0.1, 0.15) is 12.6 Å². The lowest BCUT2D eigenvalue weighted by Crippen LogP contribution is -2.48. The zero-order valence-corrected chi connectivity index (χ0v) is 30.5. The molecule has 2 aromatic rings. The summed E-state index contributed by atoms with van der Waals surface area (Å²) in [5.41, 5.74) is 10.3. The molecular weight excluding hydrogens is 610 g/mol. The van der Waals surface area contributed by atoms with Gasteiger partial charge >= 0.3 is 0 Å². The van der Waals surface area contributed by atoms with Crippen molar-refractivity contribution in [2.75, 3.05) is 16.8 Å². The molecular formula is C42H61N3O4. The maximum absolute atomic E-state index is 12.1. The normalized spacial score (nSPS) is 15.2. The van der Waals surface area contributed by atoms with Crippen LogP contribution in [0.5, 0.6) is 0 Å². The van der Waals surface area contributed by atoms with Crippen molar-refractivity contribution in [1.82, 2.24) is 0 Å². The van der Waals surface area contributed by atoms with Gasteiger partial charge in [0.2, 0.25) is 5.91 Å². The van der Waals surface area contributed by atoms with Crippen LogP contribution >= 0.6 is 0 Å². The van der Waals surface area contributed by atoms with Crippen LogP contribution < -0.4 is 16.0 Å². The lowest BCUT2D eigenvalue weighted by molar-refractivity contribution is -0.121. The molecule has 0 heterocycles. The highest BCUT2D eigenvalue weighted by Gasteiger charge is 2.36. The van der Waals surface area contributed by atoms with Crippen molar-refractivity contribution in [3.8, 4) is 0 Å². The van der Waals surface area contributed by atoms with E-state index in [-0.39, 0.29) is 5.91 Å². The van der Waals surface area contributed by atoms with Gasteiger partial charge in [-0.3, -0.25) is 14.4 Å². The second-order valence-electron chi connectivity index (χ2n) is 13.5. The molecule has 1 aliphatic carbocycles. The van der Waals surface area contributed by atoms with Crippen LogP contribution in [0.25, 0.3) is 6.08 Å². The predicted molar refractivity (Wildman–Crippen MR) is 206 cm³/mol. The van der Waals surface area contributed by atoms with E-state index in [0.717, 1.165) is 93.7 Å². The zero-order chi connectivity index (χ0) is 36.1. The highest BCUT2D eigenvalue weighted by Crippen LogP contribution is 2.31. The summed E-state index contributed by atoms with van der Waals surface area (Å²) in [5.74, 6) is 0.965. The summed E-state index contributed by atoms with van der Waals surface area (Å²) < 4.78 is 0. The molecule has 2 atom stereocenters. The van der Waals surface area contributed by atoms with E-state index in [0.29, 0.717) is 17.7 Å². The molecule has 1 amide bonds. The molecule has 49 heavy (non-hydrogen) atoms. The standard InChI is InChI=1S/C27H43NO2.C15H18N2O2/c1-6-9-15-24(8-3)19-26-17-16-25(21-29)20-27(26)28(22(4)13-7-2)18-12-10-11-14-23(5)30;16-15(9-1-2-10-15)14(19)17-13-7-5-12(6-8-13)4-3-11-18/h7,14,16-17,20-22,24,30H,2,6,8-13,15,18-19H2,1,3-5H3;3-8,11H,1-2,9-10,16H2,(H,17,19)/b23-14+;4-3+. The first kappa shape index (κ1) is 41.2. The maximum atomic E-state index is 12.1. The molecule has 0 bridgehead atoms. The zero-order valence-electron chi connectivity index (χ0n) is 30.5. The van der Waals surface area contributed by atoms with Crippen molar-refractivity contribution in [1.29, 1.82) is 0 Å². The number of carbonyl (C=O) groups is 3. The van der Waals surface area contributed by atoms with E-state index in [2.05, 4.69) is 49.7 Å². The van der Waals surface area contributed by atoms with Crippen molar-refractivity contribution < 1.29 is 19.5 Å². The molecule has 4 N–H and O–H groups in total. The van der Waals surface area contributed by atoms with Crippen LogP contribution in [-0.2, 0) is 16.0 Å². The Morgan fingerprint density at radius 3 is 2.35 bits per heavy atom. The van der Waals surface area contributed by atoms with E-state index in [1.54, 1.807) is 25.1 Å². The van der Waals surface area contributed by atoms with Gasteiger partial charge in [0.25, 0.3) is 0 Å². The highest BCUT2D eigenvalue weighted by molar-refractivity contribution is 5.98. The molecule has 1 saturated carbocycles. The van der Waals surface area contributed by atoms with E-state index >= 15 is 0 Å². The third kappa shape index (κ3) is 14.6. The minimum atomic E-state index is -0.712. The second kappa shape index (κ2) is 22.6.